The lowest BCUT2D eigenvalue weighted by molar-refractivity contribution is 0.0601. The first-order valence-electron chi connectivity index (χ1n) is 17.9. The maximum absolute atomic E-state index is 12.3. The molecule has 0 aliphatic heterocycles. The summed E-state index contributed by atoms with van der Waals surface area (Å²) in [4.78, 5) is 18.7. The molecule has 0 saturated carbocycles. The fraction of sp³-hybridized carbons (Fsp3) is 0.109. The van der Waals surface area contributed by atoms with Crippen LogP contribution in [0.15, 0.2) is 164 Å². The Kier molecular flexibility index (Phi) is 9.47. The highest BCUT2D eigenvalue weighted by atomic mass is 16.5. The average molecular weight is 708 g/mol. The molecule has 54 heavy (non-hydrogen) atoms. The lowest BCUT2D eigenvalue weighted by Gasteiger charge is -2.34. The number of hydrogen-bond acceptors (Lipinski definition) is 7. The number of rotatable bonds is 11. The zero-order valence-electron chi connectivity index (χ0n) is 30.0. The van der Waals surface area contributed by atoms with Crippen LogP contribution in [0, 0.1) is 0 Å². The van der Waals surface area contributed by atoms with Gasteiger partial charge < -0.3 is 9.47 Å². The van der Waals surface area contributed by atoms with Crippen LogP contribution in [0.1, 0.15) is 45.2 Å². The van der Waals surface area contributed by atoms with Gasteiger partial charge in [0.15, 0.2) is 5.54 Å². The van der Waals surface area contributed by atoms with Gasteiger partial charge in [-0.1, -0.05) is 146 Å². The molecule has 0 fully saturated rings. The zero-order chi connectivity index (χ0) is 36.9. The van der Waals surface area contributed by atoms with Gasteiger partial charge in [-0.25, -0.2) is 4.79 Å². The fourth-order valence-electron chi connectivity index (χ4n) is 7.01. The second-order valence-electron chi connectivity index (χ2n) is 12.9. The van der Waals surface area contributed by atoms with Crippen molar-refractivity contribution < 1.29 is 14.3 Å². The van der Waals surface area contributed by atoms with E-state index in [9.17, 15) is 4.79 Å². The van der Waals surface area contributed by atoms with Crippen molar-refractivity contribution in [2.24, 2.45) is 0 Å². The number of benzene rings is 6. The number of ether oxygens (including phenoxy) is 2. The van der Waals surface area contributed by atoms with Crippen LogP contribution in [0.5, 0.6) is 5.75 Å². The normalized spacial score (nSPS) is 11.4. The van der Waals surface area contributed by atoms with Crippen LogP contribution in [0.25, 0.3) is 33.4 Å². The van der Waals surface area contributed by atoms with Gasteiger partial charge in [-0.15, -0.1) is 15.0 Å². The van der Waals surface area contributed by atoms with Crippen LogP contribution in [0.2, 0.25) is 0 Å². The summed E-state index contributed by atoms with van der Waals surface area (Å²) in [6, 6.07) is 54.7. The van der Waals surface area contributed by atoms with Crippen LogP contribution >= 0.6 is 0 Å². The second-order valence-corrected chi connectivity index (χ2v) is 12.9. The van der Waals surface area contributed by atoms with E-state index in [4.69, 9.17) is 29.9 Å². The van der Waals surface area contributed by atoms with Crippen molar-refractivity contribution in [3.63, 3.8) is 0 Å². The number of hydrogen-bond donors (Lipinski definition) is 0. The molecule has 8 rings (SSSR count). The van der Waals surface area contributed by atoms with Gasteiger partial charge in [0.25, 0.3) is 0 Å². The Labute approximate surface area is 313 Å². The molecule has 0 amide bonds. The van der Waals surface area contributed by atoms with E-state index in [1.54, 1.807) is 16.9 Å². The van der Waals surface area contributed by atoms with Crippen molar-refractivity contribution in [2.75, 3.05) is 7.11 Å². The Morgan fingerprint density at radius 2 is 1.28 bits per heavy atom. The molecule has 2 aromatic heterocycles. The highest BCUT2D eigenvalue weighted by molar-refractivity contribution is 5.96. The first kappa shape index (κ1) is 34.2. The summed E-state index contributed by atoms with van der Waals surface area (Å²) >= 11 is 0. The van der Waals surface area contributed by atoms with Crippen LogP contribution < -0.4 is 4.74 Å². The van der Waals surface area contributed by atoms with Gasteiger partial charge in [0, 0.05) is 22.7 Å². The van der Waals surface area contributed by atoms with Gasteiger partial charge in [-0.2, -0.15) is 0 Å². The number of nitrogens with zero attached hydrogens (tertiary/aromatic N) is 5. The second kappa shape index (κ2) is 15.0. The van der Waals surface area contributed by atoms with E-state index in [1.165, 1.54) is 7.11 Å². The van der Waals surface area contributed by atoms with Crippen molar-refractivity contribution in [1.29, 1.82) is 0 Å². The minimum absolute atomic E-state index is 0.336. The van der Waals surface area contributed by atoms with Crippen molar-refractivity contribution in [1.82, 2.24) is 25.2 Å². The number of pyridine rings is 1. The lowest BCUT2D eigenvalue weighted by atomic mass is 9.77. The highest BCUT2D eigenvalue weighted by Gasteiger charge is 2.41. The van der Waals surface area contributed by atoms with Crippen molar-refractivity contribution >= 4 is 16.9 Å². The van der Waals surface area contributed by atoms with Crippen LogP contribution in [-0.2, 0) is 23.3 Å². The summed E-state index contributed by atoms with van der Waals surface area (Å²) in [5.41, 5.74) is 8.17. The first-order chi connectivity index (χ1) is 26.6. The molecule has 6 aromatic carbocycles. The number of esters is 1. The van der Waals surface area contributed by atoms with Crippen molar-refractivity contribution in [3.05, 3.63) is 197 Å². The Bertz CT molecular complexity index is 2440. The summed E-state index contributed by atoms with van der Waals surface area (Å²) in [6.45, 7) is 2.39. The monoisotopic (exact) mass is 707 g/mol. The molecule has 8 nitrogen and oxygen atoms in total. The van der Waals surface area contributed by atoms with Gasteiger partial charge >= 0.3 is 5.97 Å². The molecule has 0 spiro atoms. The number of carbonyl (C=O) groups excluding carboxylic acids is 1. The molecule has 8 heteroatoms. The Morgan fingerprint density at radius 1 is 0.685 bits per heavy atom. The van der Waals surface area contributed by atoms with E-state index in [0.29, 0.717) is 23.7 Å². The fourth-order valence-corrected chi connectivity index (χ4v) is 7.01. The summed E-state index contributed by atoms with van der Waals surface area (Å²) in [6.07, 6.45) is 0.757. The van der Waals surface area contributed by atoms with Gasteiger partial charge in [0.2, 0.25) is 5.82 Å². The van der Waals surface area contributed by atoms with Gasteiger partial charge in [0.1, 0.15) is 12.4 Å². The SMILES string of the molecule is CCc1cc(OCc2ccc(-c3ccccc3-c3nnn(C(c4ccccc4)(c4ccccc4)c4ccccc4)n3)cc2)c2cc(C(=O)OC)ccc2n1. The zero-order valence-corrected chi connectivity index (χ0v) is 30.0. The van der Waals surface area contributed by atoms with E-state index in [1.807, 2.05) is 84.9 Å². The van der Waals surface area contributed by atoms with Gasteiger partial charge in [-0.3, -0.25) is 4.98 Å². The van der Waals surface area contributed by atoms with Crippen LogP contribution in [0.3, 0.4) is 0 Å². The average Bonchev–Trinajstić information content (AvgIpc) is 3.74. The molecule has 0 aliphatic rings. The predicted molar refractivity (Wildman–Crippen MR) is 210 cm³/mol. The molecule has 0 unspecified atom stereocenters. The molecule has 0 radical (unpaired) electrons. The third-order valence-corrected chi connectivity index (χ3v) is 9.72. The van der Waals surface area contributed by atoms with Crippen molar-refractivity contribution in [3.8, 4) is 28.3 Å². The van der Waals surface area contributed by atoms with Crippen LogP contribution in [-0.4, -0.2) is 38.3 Å². The lowest BCUT2D eigenvalue weighted by Crippen LogP contribution is -2.39. The highest BCUT2D eigenvalue weighted by Crippen LogP contribution is 2.40. The number of tetrazole rings is 1. The Balaban J connectivity index is 1.12. The predicted octanol–water partition coefficient (Wildman–Crippen LogP) is 9.32. The topological polar surface area (TPSA) is 92.0 Å². The number of aryl methyl sites for hydroxylation is 1. The molecule has 264 valence electrons. The molecule has 0 bridgehead atoms. The molecule has 2 heterocycles. The maximum Gasteiger partial charge on any atom is 0.337 e. The van der Waals surface area contributed by atoms with Crippen LogP contribution in [0.4, 0.5) is 0 Å². The summed E-state index contributed by atoms with van der Waals surface area (Å²) < 4.78 is 11.3. The summed E-state index contributed by atoms with van der Waals surface area (Å²) in [7, 11) is 1.37. The van der Waals surface area contributed by atoms with E-state index in [-0.39, 0.29) is 0 Å². The summed E-state index contributed by atoms with van der Waals surface area (Å²) in [5, 5.41) is 15.4. The third-order valence-electron chi connectivity index (χ3n) is 9.72. The van der Waals surface area contributed by atoms with E-state index in [0.717, 1.165) is 62.0 Å². The molecule has 0 aliphatic carbocycles. The minimum Gasteiger partial charge on any atom is -0.488 e. The Hall–Kier alpha value is -6.93. The molecule has 0 N–H and O–H groups in total. The summed E-state index contributed by atoms with van der Waals surface area (Å²) in [5.74, 6) is 0.788. The molecule has 8 aromatic rings. The number of methoxy groups -OCH3 is 1. The minimum atomic E-state index is -0.871. The quantitative estimate of drug-likeness (QED) is 0.0978. The molecule has 0 saturated heterocycles. The standard InChI is InChI=1S/C46H37N5O3/c1-3-38-30-43(41-29-34(45(52)53-2)27-28-42(41)47-38)54-31-32-23-25-33(26-24-32)39-21-13-14-22-40(39)44-48-50-51(49-44)46(35-15-7-4-8-16-35,36-17-9-5-10-18-36)37-19-11-6-12-20-37/h4-30H,3,31H2,1-2H3. The van der Waals surface area contributed by atoms with E-state index < -0.39 is 11.5 Å². The first-order valence-corrected chi connectivity index (χ1v) is 17.9. The largest absolute Gasteiger partial charge is 0.488 e. The number of aromatic nitrogens is 5. The smallest absolute Gasteiger partial charge is 0.337 e. The molecule has 0 atom stereocenters. The number of fused-ring (bicyclic) bond motifs is 1. The van der Waals surface area contributed by atoms with E-state index >= 15 is 0 Å². The van der Waals surface area contributed by atoms with Gasteiger partial charge in [0.05, 0.1) is 18.2 Å². The van der Waals surface area contributed by atoms with E-state index in [2.05, 4.69) is 73.7 Å². The number of carbonyl (C=O) groups is 1. The Morgan fingerprint density at radius 3 is 1.87 bits per heavy atom. The van der Waals surface area contributed by atoms with Crippen molar-refractivity contribution in [2.45, 2.75) is 25.5 Å². The maximum atomic E-state index is 12.3. The third kappa shape index (κ3) is 6.39. The molecular formula is C46H37N5O3. The van der Waals surface area contributed by atoms with Gasteiger partial charge in [-0.05, 0) is 63.2 Å². The molecular weight excluding hydrogens is 671 g/mol.